The number of likely N-dealkylation sites (tertiary alicyclic amines) is 1. The zero-order chi connectivity index (χ0) is 14.8. The number of nitriles is 1. The van der Waals surface area contributed by atoms with Gasteiger partial charge in [0.25, 0.3) is 0 Å². The Hall–Kier alpha value is -1.12. The molecule has 0 aromatic carbocycles. The fraction of sp³-hybridized carbons (Fsp3) is 0.875. The number of methoxy groups -OCH3 is 1. The van der Waals surface area contributed by atoms with Crippen LogP contribution in [-0.4, -0.2) is 49.2 Å². The maximum Gasteiger partial charge on any atom is 0.237 e. The third-order valence-corrected chi connectivity index (χ3v) is 5.57. The minimum Gasteiger partial charge on any atom is -0.381 e. The highest BCUT2D eigenvalue weighted by atomic mass is 16.5. The quantitative estimate of drug-likeness (QED) is 0.848. The van der Waals surface area contributed by atoms with Gasteiger partial charge in [0.1, 0.15) is 6.04 Å². The first-order valence-corrected chi connectivity index (χ1v) is 8.16. The summed E-state index contributed by atoms with van der Waals surface area (Å²) in [5, 5.41) is 12.5. The van der Waals surface area contributed by atoms with Crippen molar-refractivity contribution < 1.29 is 9.53 Å². The maximum atomic E-state index is 12.2. The van der Waals surface area contributed by atoms with E-state index in [-0.39, 0.29) is 11.9 Å². The van der Waals surface area contributed by atoms with E-state index in [9.17, 15) is 4.79 Å². The van der Waals surface area contributed by atoms with E-state index in [4.69, 9.17) is 10.00 Å². The van der Waals surface area contributed by atoms with Crippen LogP contribution in [0.2, 0.25) is 0 Å². The lowest BCUT2D eigenvalue weighted by Crippen LogP contribution is -2.43. The molecule has 21 heavy (non-hydrogen) atoms. The molecule has 0 spiro atoms. The van der Waals surface area contributed by atoms with Crippen LogP contribution in [0, 0.1) is 23.2 Å². The summed E-state index contributed by atoms with van der Waals surface area (Å²) in [6.45, 7) is 1.13. The Morgan fingerprint density at radius 1 is 1.33 bits per heavy atom. The van der Waals surface area contributed by atoms with Crippen molar-refractivity contribution in [3.63, 3.8) is 0 Å². The van der Waals surface area contributed by atoms with Crippen molar-refractivity contribution in [2.24, 2.45) is 11.8 Å². The van der Waals surface area contributed by atoms with Crippen LogP contribution in [0.15, 0.2) is 0 Å². The molecule has 0 bridgehead atoms. The number of hydrogen-bond acceptors (Lipinski definition) is 4. The average Bonchev–Trinajstić information content (AvgIpc) is 3.17. The molecule has 1 N–H and O–H groups in total. The van der Waals surface area contributed by atoms with Gasteiger partial charge in [-0.2, -0.15) is 5.26 Å². The number of hydrogen-bond donors (Lipinski definition) is 1. The fourth-order valence-electron chi connectivity index (χ4n) is 4.45. The number of fused-ring (bicyclic) bond motifs is 1. The van der Waals surface area contributed by atoms with Crippen LogP contribution in [0.3, 0.4) is 0 Å². The summed E-state index contributed by atoms with van der Waals surface area (Å²) >= 11 is 0. The van der Waals surface area contributed by atoms with Crippen LogP contribution < -0.4 is 5.32 Å². The minimum atomic E-state index is -0.204. The van der Waals surface area contributed by atoms with E-state index in [1.807, 2.05) is 7.11 Å². The molecule has 0 aromatic heterocycles. The molecule has 5 nitrogen and oxygen atoms in total. The van der Waals surface area contributed by atoms with Gasteiger partial charge in [-0.25, -0.2) is 0 Å². The van der Waals surface area contributed by atoms with E-state index in [1.54, 1.807) is 4.90 Å². The fourth-order valence-corrected chi connectivity index (χ4v) is 4.45. The molecule has 0 unspecified atom stereocenters. The van der Waals surface area contributed by atoms with Crippen molar-refractivity contribution in [2.75, 3.05) is 20.2 Å². The molecular formula is C16H25N3O2. The van der Waals surface area contributed by atoms with E-state index in [2.05, 4.69) is 11.4 Å². The first-order chi connectivity index (χ1) is 10.2. The number of carbonyl (C=O) groups is 1. The minimum absolute atomic E-state index is 0.0888. The second kappa shape index (κ2) is 6.33. The molecule has 2 saturated carbocycles. The molecule has 3 aliphatic rings. The summed E-state index contributed by atoms with van der Waals surface area (Å²) in [5.41, 5.74) is 0. The zero-order valence-electron chi connectivity index (χ0n) is 12.8. The topological polar surface area (TPSA) is 65.4 Å². The molecule has 1 amide bonds. The van der Waals surface area contributed by atoms with Gasteiger partial charge in [0.05, 0.1) is 18.7 Å². The van der Waals surface area contributed by atoms with Crippen LogP contribution in [0.25, 0.3) is 0 Å². The summed E-state index contributed by atoms with van der Waals surface area (Å²) in [6.07, 6.45) is 6.92. The Bertz CT molecular complexity index is 420. The third-order valence-electron chi connectivity index (χ3n) is 5.57. The van der Waals surface area contributed by atoms with Gasteiger partial charge in [0.15, 0.2) is 0 Å². The van der Waals surface area contributed by atoms with Crippen molar-refractivity contribution in [3.8, 4) is 6.07 Å². The maximum absolute atomic E-state index is 12.2. The Labute approximate surface area is 126 Å². The summed E-state index contributed by atoms with van der Waals surface area (Å²) in [4.78, 5) is 13.9. The van der Waals surface area contributed by atoms with E-state index in [0.717, 1.165) is 31.2 Å². The predicted octanol–water partition coefficient (Wildman–Crippen LogP) is 1.29. The van der Waals surface area contributed by atoms with Gasteiger partial charge in [0, 0.05) is 19.7 Å². The molecule has 116 valence electrons. The van der Waals surface area contributed by atoms with Gasteiger partial charge >= 0.3 is 0 Å². The number of rotatable bonds is 4. The Kier molecular flexibility index (Phi) is 4.46. The monoisotopic (exact) mass is 291 g/mol. The third kappa shape index (κ3) is 3.07. The Balaban J connectivity index is 1.43. The standard InChI is InChI=1S/C16H25N3O2/c1-21-15-7-11-5-13(6-12(11)8-15)18-10-16(20)19-4-2-3-14(19)9-17/h11-15,18H,2-8,10H2,1H3/t11-,12+,13+,14-,15-/m0/s1. The first-order valence-electron chi connectivity index (χ1n) is 8.16. The van der Waals surface area contributed by atoms with Crippen LogP contribution in [0.1, 0.15) is 38.5 Å². The van der Waals surface area contributed by atoms with E-state index in [0.29, 0.717) is 18.7 Å². The van der Waals surface area contributed by atoms with Gasteiger partial charge in [-0.05, 0) is 50.4 Å². The molecule has 3 fully saturated rings. The van der Waals surface area contributed by atoms with Crippen LogP contribution in [-0.2, 0) is 9.53 Å². The highest BCUT2D eigenvalue weighted by molar-refractivity contribution is 5.79. The Morgan fingerprint density at radius 3 is 2.67 bits per heavy atom. The van der Waals surface area contributed by atoms with Crippen LogP contribution in [0.5, 0.6) is 0 Å². The van der Waals surface area contributed by atoms with Crippen LogP contribution in [0.4, 0.5) is 0 Å². The number of carbonyl (C=O) groups excluding carboxylic acids is 1. The lowest BCUT2D eigenvalue weighted by Gasteiger charge is -2.21. The molecule has 0 radical (unpaired) electrons. The van der Waals surface area contributed by atoms with Crippen molar-refractivity contribution in [3.05, 3.63) is 0 Å². The van der Waals surface area contributed by atoms with Gasteiger partial charge in [0.2, 0.25) is 5.91 Å². The number of ether oxygens (including phenoxy) is 1. The van der Waals surface area contributed by atoms with Crippen LogP contribution >= 0.6 is 0 Å². The predicted molar refractivity (Wildman–Crippen MR) is 78.4 cm³/mol. The Morgan fingerprint density at radius 2 is 2.05 bits per heavy atom. The number of nitrogens with one attached hydrogen (secondary N) is 1. The number of amides is 1. The molecule has 1 saturated heterocycles. The van der Waals surface area contributed by atoms with Crippen molar-refractivity contribution >= 4 is 5.91 Å². The molecule has 1 aliphatic heterocycles. The second-order valence-corrected chi connectivity index (χ2v) is 6.77. The molecule has 2 aliphatic carbocycles. The molecule has 5 heteroatoms. The summed E-state index contributed by atoms with van der Waals surface area (Å²) in [7, 11) is 1.81. The van der Waals surface area contributed by atoms with Crippen molar-refractivity contribution in [2.45, 2.75) is 56.7 Å². The van der Waals surface area contributed by atoms with E-state index >= 15 is 0 Å². The number of nitrogens with zero attached hydrogens (tertiary/aromatic N) is 2. The highest BCUT2D eigenvalue weighted by Crippen LogP contribution is 2.44. The molecular weight excluding hydrogens is 266 g/mol. The highest BCUT2D eigenvalue weighted by Gasteiger charge is 2.41. The second-order valence-electron chi connectivity index (χ2n) is 6.77. The lowest BCUT2D eigenvalue weighted by molar-refractivity contribution is -0.130. The molecule has 0 aromatic rings. The van der Waals surface area contributed by atoms with Gasteiger partial charge in [-0.1, -0.05) is 0 Å². The van der Waals surface area contributed by atoms with Crippen molar-refractivity contribution in [1.29, 1.82) is 5.26 Å². The lowest BCUT2D eigenvalue weighted by atomic mass is 10.0. The normalized spacial score (nSPS) is 38.5. The summed E-state index contributed by atoms with van der Waals surface area (Å²) in [5.74, 6) is 1.62. The van der Waals surface area contributed by atoms with Gasteiger partial charge < -0.3 is 15.0 Å². The SMILES string of the molecule is CO[C@@H]1C[C@H]2C[C@H](NCC(=O)N3CCC[C@H]3C#N)C[C@H]2C1. The molecule has 5 atom stereocenters. The van der Waals surface area contributed by atoms with E-state index < -0.39 is 0 Å². The van der Waals surface area contributed by atoms with Crippen molar-refractivity contribution in [1.82, 2.24) is 10.2 Å². The molecule has 3 rings (SSSR count). The molecule has 1 heterocycles. The summed E-state index contributed by atoms with van der Waals surface area (Å²) in [6, 6.07) is 2.49. The smallest absolute Gasteiger partial charge is 0.237 e. The van der Waals surface area contributed by atoms with Gasteiger partial charge in [-0.15, -0.1) is 0 Å². The largest absolute Gasteiger partial charge is 0.381 e. The van der Waals surface area contributed by atoms with E-state index in [1.165, 1.54) is 25.7 Å². The van der Waals surface area contributed by atoms with Gasteiger partial charge in [-0.3, -0.25) is 4.79 Å². The zero-order valence-corrected chi connectivity index (χ0v) is 12.8. The first kappa shape index (κ1) is 14.8. The summed E-state index contributed by atoms with van der Waals surface area (Å²) < 4.78 is 5.46. The average molecular weight is 291 g/mol.